The van der Waals surface area contributed by atoms with Crippen LogP contribution in [0, 0.1) is 11.3 Å². The van der Waals surface area contributed by atoms with Gasteiger partial charge in [0.05, 0.1) is 19.3 Å². The first kappa shape index (κ1) is 22.4. The van der Waals surface area contributed by atoms with Crippen LogP contribution in [0.5, 0.6) is 0 Å². The Bertz CT molecular complexity index is 919. The van der Waals surface area contributed by atoms with Gasteiger partial charge in [0.25, 0.3) is 0 Å². The minimum Gasteiger partial charge on any atom is -0.358 e. The molecule has 0 radical (unpaired) electrons. The third kappa shape index (κ3) is 5.33. The molecule has 6 atom stereocenters. The SMILES string of the molecule is CC(=O)N[C@@H]1[C@H](OCc2ccccc2)O[C@H]2CO[C@@H](c3ccccc3)O[C@H]2[C@H]1OCC#N. The molecule has 2 fully saturated rings. The Morgan fingerprint density at radius 2 is 1.81 bits per heavy atom. The van der Waals surface area contributed by atoms with Gasteiger partial charge >= 0.3 is 0 Å². The molecule has 0 aromatic heterocycles. The van der Waals surface area contributed by atoms with Gasteiger partial charge in [-0.05, 0) is 5.56 Å². The first-order valence-corrected chi connectivity index (χ1v) is 10.5. The van der Waals surface area contributed by atoms with E-state index in [0.29, 0.717) is 0 Å². The minimum absolute atomic E-state index is 0.157. The Balaban J connectivity index is 1.55. The number of benzene rings is 2. The molecule has 2 aromatic carbocycles. The highest BCUT2D eigenvalue weighted by molar-refractivity contribution is 5.73. The highest BCUT2D eigenvalue weighted by atomic mass is 16.7. The molecule has 0 saturated carbocycles. The zero-order valence-corrected chi connectivity index (χ0v) is 17.8. The molecule has 8 nitrogen and oxygen atoms in total. The van der Waals surface area contributed by atoms with Gasteiger partial charge in [0.1, 0.15) is 31.0 Å². The maximum Gasteiger partial charge on any atom is 0.217 e. The van der Waals surface area contributed by atoms with Crippen LogP contribution in [-0.2, 0) is 35.1 Å². The van der Waals surface area contributed by atoms with Crippen LogP contribution in [0.1, 0.15) is 24.3 Å². The Hall–Kier alpha value is -2.80. The minimum atomic E-state index is -0.801. The molecule has 0 unspecified atom stereocenters. The lowest BCUT2D eigenvalue weighted by molar-refractivity contribution is -0.348. The van der Waals surface area contributed by atoms with Crippen LogP contribution < -0.4 is 5.32 Å². The summed E-state index contributed by atoms with van der Waals surface area (Å²) < 4.78 is 30.2. The predicted octanol–water partition coefficient (Wildman–Crippen LogP) is 2.46. The Morgan fingerprint density at radius 3 is 2.50 bits per heavy atom. The molecule has 2 saturated heterocycles. The van der Waals surface area contributed by atoms with Crippen molar-refractivity contribution in [2.75, 3.05) is 13.2 Å². The summed E-state index contributed by atoms with van der Waals surface area (Å²) in [4.78, 5) is 12.0. The van der Waals surface area contributed by atoms with Crippen molar-refractivity contribution in [3.05, 3.63) is 71.8 Å². The average molecular weight is 438 g/mol. The summed E-state index contributed by atoms with van der Waals surface area (Å²) in [6, 6.07) is 20.5. The van der Waals surface area contributed by atoms with E-state index in [4.69, 9.17) is 28.9 Å². The van der Waals surface area contributed by atoms with E-state index in [0.717, 1.165) is 11.1 Å². The standard InChI is InChI=1S/C24H26N2O6/c1-16(27)26-20-22(28-13-12-25)21-19(15-30-23(32-21)18-10-6-3-7-11-18)31-24(20)29-14-17-8-4-2-5-9-17/h2-11,19-24H,13-15H2,1H3,(H,26,27)/t19-,20-,21+,22-,23+,24+/m0/s1. The number of ether oxygens (including phenoxy) is 5. The van der Waals surface area contributed by atoms with Crippen LogP contribution in [-0.4, -0.2) is 49.8 Å². The number of rotatable bonds is 7. The quantitative estimate of drug-likeness (QED) is 0.709. The van der Waals surface area contributed by atoms with Crippen molar-refractivity contribution in [2.45, 2.75) is 50.5 Å². The first-order valence-electron chi connectivity index (χ1n) is 10.5. The van der Waals surface area contributed by atoms with E-state index < -0.39 is 36.9 Å². The van der Waals surface area contributed by atoms with Crippen LogP contribution in [0.25, 0.3) is 0 Å². The molecule has 0 bridgehead atoms. The molecule has 8 heteroatoms. The number of hydrogen-bond acceptors (Lipinski definition) is 7. The van der Waals surface area contributed by atoms with E-state index >= 15 is 0 Å². The zero-order valence-electron chi connectivity index (χ0n) is 17.8. The number of fused-ring (bicyclic) bond motifs is 1. The molecule has 1 amide bonds. The molecule has 2 aliphatic heterocycles. The van der Waals surface area contributed by atoms with Crippen LogP contribution in [0.4, 0.5) is 0 Å². The highest BCUT2D eigenvalue weighted by Crippen LogP contribution is 2.35. The monoisotopic (exact) mass is 438 g/mol. The summed E-state index contributed by atoms with van der Waals surface area (Å²) in [6.07, 6.45) is -3.10. The molecular weight excluding hydrogens is 412 g/mol. The fraction of sp³-hybridized carbons (Fsp3) is 0.417. The topological polar surface area (TPSA) is 99.0 Å². The van der Waals surface area contributed by atoms with E-state index in [2.05, 4.69) is 5.32 Å². The van der Waals surface area contributed by atoms with Gasteiger partial charge in [-0.1, -0.05) is 60.7 Å². The van der Waals surface area contributed by atoms with Crippen molar-refractivity contribution < 1.29 is 28.5 Å². The second kappa shape index (κ2) is 10.7. The van der Waals surface area contributed by atoms with Gasteiger partial charge in [-0.15, -0.1) is 0 Å². The average Bonchev–Trinajstić information content (AvgIpc) is 2.82. The van der Waals surface area contributed by atoms with Crippen LogP contribution in [0.3, 0.4) is 0 Å². The molecule has 2 aromatic rings. The molecule has 168 valence electrons. The lowest BCUT2D eigenvalue weighted by Gasteiger charge is -2.49. The van der Waals surface area contributed by atoms with E-state index in [1.165, 1.54) is 6.92 Å². The summed E-state index contributed by atoms with van der Waals surface area (Å²) in [5.41, 5.74) is 1.83. The Kier molecular flexibility index (Phi) is 7.47. The van der Waals surface area contributed by atoms with E-state index in [1.807, 2.05) is 66.7 Å². The number of hydrogen-bond donors (Lipinski definition) is 1. The molecule has 0 spiro atoms. The number of amides is 1. The first-order chi connectivity index (χ1) is 15.7. The third-order valence-electron chi connectivity index (χ3n) is 5.38. The van der Waals surface area contributed by atoms with Crippen molar-refractivity contribution in [3.63, 3.8) is 0 Å². The van der Waals surface area contributed by atoms with Crippen LogP contribution >= 0.6 is 0 Å². The molecule has 0 aliphatic carbocycles. The van der Waals surface area contributed by atoms with Gasteiger partial charge in [-0.2, -0.15) is 5.26 Å². The van der Waals surface area contributed by atoms with Crippen molar-refractivity contribution in [3.8, 4) is 6.07 Å². The van der Waals surface area contributed by atoms with E-state index in [-0.39, 0.29) is 25.7 Å². The third-order valence-corrected chi connectivity index (χ3v) is 5.38. The largest absolute Gasteiger partial charge is 0.358 e. The summed E-state index contributed by atoms with van der Waals surface area (Å²) in [7, 11) is 0. The van der Waals surface area contributed by atoms with Gasteiger partial charge in [0.15, 0.2) is 12.6 Å². The number of nitrogens with one attached hydrogen (secondary N) is 1. The second-order valence-electron chi connectivity index (χ2n) is 7.68. The molecule has 4 rings (SSSR count). The fourth-order valence-corrected chi connectivity index (χ4v) is 3.97. The molecule has 1 N–H and O–H groups in total. The van der Waals surface area contributed by atoms with E-state index in [1.54, 1.807) is 0 Å². The molecule has 2 heterocycles. The number of nitrogens with zero attached hydrogens (tertiary/aromatic N) is 1. The summed E-state index contributed by atoms with van der Waals surface area (Å²) in [5.74, 6) is -0.261. The summed E-state index contributed by atoms with van der Waals surface area (Å²) in [6.45, 7) is 1.81. The van der Waals surface area contributed by atoms with Gasteiger partial charge < -0.3 is 29.0 Å². The van der Waals surface area contributed by atoms with Gasteiger partial charge in [0, 0.05) is 12.5 Å². The maximum absolute atomic E-state index is 12.0. The number of nitriles is 1. The van der Waals surface area contributed by atoms with Crippen molar-refractivity contribution >= 4 is 5.91 Å². The van der Waals surface area contributed by atoms with Gasteiger partial charge in [-0.25, -0.2) is 0 Å². The molecule has 2 aliphatic rings. The lowest BCUT2D eigenvalue weighted by atomic mass is 9.95. The lowest BCUT2D eigenvalue weighted by Crippen LogP contribution is -2.67. The zero-order chi connectivity index (χ0) is 22.3. The highest BCUT2D eigenvalue weighted by Gasteiger charge is 2.51. The maximum atomic E-state index is 12.0. The van der Waals surface area contributed by atoms with Crippen LogP contribution in [0.15, 0.2) is 60.7 Å². The second-order valence-corrected chi connectivity index (χ2v) is 7.68. The van der Waals surface area contributed by atoms with Crippen molar-refractivity contribution in [1.29, 1.82) is 5.26 Å². The normalized spacial score (nSPS) is 29.5. The van der Waals surface area contributed by atoms with Crippen molar-refractivity contribution in [1.82, 2.24) is 5.32 Å². The van der Waals surface area contributed by atoms with Crippen molar-refractivity contribution in [2.24, 2.45) is 0 Å². The summed E-state index contributed by atoms with van der Waals surface area (Å²) in [5, 5.41) is 12.0. The predicted molar refractivity (Wildman–Crippen MR) is 113 cm³/mol. The van der Waals surface area contributed by atoms with Crippen LogP contribution in [0.2, 0.25) is 0 Å². The molecule has 32 heavy (non-hydrogen) atoms. The Morgan fingerprint density at radius 1 is 1.09 bits per heavy atom. The van der Waals surface area contributed by atoms with Gasteiger partial charge in [0.2, 0.25) is 5.91 Å². The van der Waals surface area contributed by atoms with Gasteiger partial charge in [-0.3, -0.25) is 4.79 Å². The Labute approximate surface area is 187 Å². The number of carbonyl (C=O) groups is 1. The smallest absolute Gasteiger partial charge is 0.217 e. The summed E-state index contributed by atoms with van der Waals surface area (Å²) >= 11 is 0. The fourth-order valence-electron chi connectivity index (χ4n) is 3.97. The van der Waals surface area contributed by atoms with E-state index in [9.17, 15) is 4.79 Å². The number of carbonyl (C=O) groups excluding carboxylic acids is 1. The molecular formula is C24H26N2O6.